The van der Waals surface area contributed by atoms with Gasteiger partial charge in [-0.3, -0.25) is 4.79 Å². The number of aryl methyl sites for hydroxylation is 1. The maximum atomic E-state index is 12.5. The Morgan fingerprint density at radius 3 is 2.81 bits per heavy atom. The minimum absolute atomic E-state index is 0.126. The molecule has 0 aliphatic heterocycles. The SMILES string of the molecule is N#CCc1cccc(C(=O)NC(CC2CCCc3ccccc32)C(=O)O)c1. The summed E-state index contributed by atoms with van der Waals surface area (Å²) >= 11 is 0. The van der Waals surface area contributed by atoms with Crippen molar-refractivity contribution < 1.29 is 14.7 Å². The van der Waals surface area contributed by atoms with E-state index in [2.05, 4.69) is 17.4 Å². The highest BCUT2D eigenvalue weighted by Crippen LogP contribution is 2.34. The number of carbonyl (C=O) groups is 2. The van der Waals surface area contributed by atoms with Gasteiger partial charge in [-0.1, -0.05) is 36.4 Å². The Kier molecular flexibility index (Phi) is 5.87. The first-order valence-corrected chi connectivity index (χ1v) is 9.16. The number of fused-ring (bicyclic) bond motifs is 1. The van der Waals surface area contributed by atoms with E-state index in [1.807, 2.05) is 18.2 Å². The number of hydrogen-bond donors (Lipinski definition) is 2. The van der Waals surface area contributed by atoms with Crippen molar-refractivity contribution in [2.75, 3.05) is 0 Å². The molecule has 0 bridgehead atoms. The van der Waals surface area contributed by atoms with Gasteiger partial charge in [0.1, 0.15) is 6.04 Å². The molecule has 2 N–H and O–H groups in total. The van der Waals surface area contributed by atoms with Crippen molar-refractivity contribution in [3.8, 4) is 6.07 Å². The summed E-state index contributed by atoms with van der Waals surface area (Å²) in [6, 6.07) is 16.0. The second-order valence-electron chi connectivity index (χ2n) is 6.92. The monoisotopic (exact) mass is 362 g/mol. The minimum Gasteiger partial charge on any atom is -0.480 e. The van der Waals surface area contributed by atoms with Crippen LogP contribution in [0.4, 0.5) is 0 Å². The van der Waals surface area contributed by atoms with Crippen LogP contribution in [0, 0.1) is 11.3 Å². The molecule has 0 aromatic heterocycles. The third-order valence-electron chi connectivity index (χ3n) is 5.09. The van der Waals surface area contributed by atoms with Gasteiger partial charge in [-0.05, 0) is 60.4 Å². The van der Waals surface area contributed by atoms with Crippen LogP contribution in [0.5, 0.6) is 0 Å². The number of carboxylic acids is 1. The average molecular weight is 362 g/mol. The molecule has 2 aromatic carbocycles. The number of hydrogen-bond acceptors (Lipinski definition) is 3. The highest BCUT2D eigenvalue weighted by Gasteiger charge is 2.28. The van der Waals surface area contributed by atoms with E-state index in [4.69, 9.17) is 5.26 Å². The highest BCUT2D eigenvalue weighted by molar-refractivity contribution is 5.96. The van der Waals surface area contributed by atoms with Crippen molar-refractivity contribution in [1.29, 1.82) is 5.26 Å². The smallest absolute Gasteiger partial charge is 0.326 e. The van der Waals surface area contributed by atoms with E-state index in [1.54, 1.807) is 24.3 Å². The first kappa shape index (κ1) is 18.7. The molecular weight excluding hydrogens is 340 g/mol. The summed E-state index contributed by atoms with van der Waals surface area (Å²) in [6.45, 7) is 0. The molecule has 2 unspecified atom stereocenters. The largest absolute Gasteiger partial charge is 0.480 e. The van der Waals surface area contributed by atoms with E-state index in [0.29, 0.717) is 12.0 Å². The Balaban J connectivity index is 1.74. The third-order valence-corrected chi connectivity index (χ3v) is 5.09. The molecule has 0 fully saturated rings. The van der Waals surface area contributed by atoms with Crippen molar-refractivity contribution >= 4 is 11.9 Å². The molecule has 0 heterocycles. The van der Waals surface area contributed by atoms with Crippen molar-refractivity contribution in [2.45, 2.75) is 44.1 Å². The van der Waals surface area contributed by atoms with Gasteiger partial charge in [0, 0.05) is 5.56 Å². The summed E-state index contributed by atoms with van der Waals surface area (Å²) in [6.07, 6.45) is 3.55. The molecule has 1 aliphatic carbocycles. The molecule has 5 heteroatoms. The van der Waals surface area contributed by atoms with Gasteiger partial charge in [-0.2, -0.15) is 5.26 Å². The normalized spacial score (nSPS) is 16.6. The van der Waals surface area contributed by atoms with Gasteiger partial charge in [0.25, 0.3) is 5.91 Å². The number of nitrogens with one attached hydrogen (secondary N) is 1. The Morgan fingerprint density at radius 1 is 1.22 bits per heavy atom. The van der Waals surface area contributed by atoms with Gasteiger partial charge in [-0.25, -0.2) is 4.79 Å². The lowest BCUT2D eigenvalue weighted by Crippen LogP contribution is -2.42. The Bertz CT molecular complexity index is 885. The molecule has 0 saturated carbocycles. The number of carbonyl (C=O) groups excluding carboxylic acids is 1. The van der Waals surface area contributed by atoms with Crippen molar-refractivity contribution in [1.82, 2.24) is 5.32 Å². The zero-order valence-electron chi connectivity index (χ0n) is 15.0. The Morgan fingerprint density at radius 2 is 2.04 bits per heavy atom. The van der Waals surface area contributed by atoms with E-state index < -0.39 is 17.9 Å². The Hall–Kier alpha value is -3.13. The second-order valence-corrected chi connectivity index (χ2v) is 6.92. The van der Waals surface area contributed by atoms with Gasteiger partial charge in [0.15, 0.2) is 0 Å². The molecule has 1 aliphatic rings. The van der Waals surface area contributed by atoms with Crippen LogP contribution >= 0.6 is 0 Å². The van der Waals surface area contributed by atoms with Crippen LogP contribution in [0.2, 0.25) is 0 Å². The fourth-order valence-electron chi connectivity index (χ4n) is 3.76. The van der Waals surface area contributed by atoms with Crippen LogP contribution in [-0.4, -0.2) is 23.0 Å². The molecule has 1 amide bonds. The van der Waals surface area contributed by atoms with Gasteiger partial charge in [0.2, 0.25) is 0 Å². The standard InChI is InChI=1S/C22H22N2O3/c23-12-11-15-5-3-9-18(13-15)21(25)24-20(22(26)27)14-17-8-4-7-16-6-1-2-10-19(16)17/h1-3,5-6,9-10,13,17,20H,4,7-8,11,14H2,(H,24,25)(H,26,27). The zero-order chi connectivity index (χ0) is 19.2. The molecule has 5 nitrogen and oxygen atoms in total. The molecule has 2 atom stereocenters. The van der Waals surface area contributed by atoms with Crippen LogP contribution in [0.15, 0.2) is 48.5 Å². The number of nitrogens with zero attached hydrogens (tertiary/aromatic N) is 1. The summed E-state index contributed by atoms with van der Waals surface area (Å²) in [5.41, 5.74) is 3.57. The van der Waals surface area contributed by atoms with Gasteiger partial charge >= 0.3 is 5.97 Å². The van der Waals surface area contributed by atoms with Crippen LogP contribution in [0.1, 0.15) is 52.2 Å². The second kappa shape index (κ2) is 8.50. The van der Waals surface area contributed by atoms with E-state index in [-0.39, 0.29) is 12.3 Å². The summed E-state index contributed by atoms with van der Waals surface area (Å²) in [7, 11) is 0. The number of benzene rings is 2. The third kappa shape index (κ3) is 4.53. The maximum Gasteiger partial charge on any atom is 0.326 e. The number of nitriles is 1. The molecule has 3 rings (SSSR count). The maximum absolute atomic E-state index is 12.5. The lowest BCUT2D eigenvalue weighted by molar-refractivity contribution is -0.139. The van der Waals surface area contributed by atoms with E-state index in [1.165, 1.54) is 11.1 Å². The van der Waals surface area contributed by atoms with Gasteiger partial charge in [0.05, 0.1) is 12.5 Å². The van der Waals surface area contributed by atoms with Gasteiger partial charge in [-0.15, -0.1) is 0 Å². The Labute approximate surface area is 158 Å². The summed E-state index contributed by atoms with van der Waals surface area (Å²) in [4.78, 5) is 24.3. The van der Waals surface area contributed by atoms with Crippen molar-refractivity contribution in [2.24, 2.45) is 0 Å². The predicted octanol–water partition coefficient (Wildman–Crippen LogP) is 3.45. The summed E-state index contributed by atoms with van der Waals surface area (Å²) < 4.78 is 0. The molecule has 0 radical (unpaired) electrons. The number of amides is 1. The molecule has 0 spiro atoms. The van der Waals surface area contributed by atoms with Crippen LogP contribution in [-0.2, 0) is 17.6 Å². The molecule has 2 aromatic rings. The fourth-order valence-corrected chi connectivity index (χ4v) is 3.76. The lowest BCUT2D eigenvalue weighted by Gasteiger charge is -2.28. The van der Waals surface area contributed by atoms with E-state index in [9.17, 15) is 14.7 Å². The highest BCUT2D eigenvalue weighted by atomic mass is 16.4. The summed E-state index contributed by atoms with van der Waals surface area (Å²) in [5, 5.41) is 21.1. The topological polar surface area (TPSA) is 90.2 Å². The van der Waals surface area contributed by atoms with Crippen LogP contribution < -0.4 is 5.32 Å². The fraction of sp³-hybridized carbons (Fsp3) is 0.318. The van der Waals surface area contributed by atoms with Crippen LogP contribution in [0.3, 0.4) is 0 Å². The first-order valence-electron chi connectivity index (χ1n) is 9.16. The average Bonchev–Trinajstić information content (AvgIpc) is 2.68. The first-order chi connectivity index (χ1) is 13.1. The molecule has 27 heavy (non-hydrogen) atoms. The van der Waals surface area contributed by atoms with E-state index in [0.717, 1.165) is 24.8 Å². The van der Waals surface area contributed by atoms with Crippen LogP contribution in [0.25, 0.3) is 0 Å². The number of rotatable bonds is 6. The quantitative estimate of drug-likeness (QED) is 0.823. The molecule has 138 valence electrons. The summed E-state index contributed by atoms with van der Waals surface area (Å²) in [5.74, 6) is -1.33. The lowest BCUT2D eigenvalue weighted by atomic mass is 9.79. The van der Waals surface area contributed by atoms with Gasteiger partial charge < -0.3 is 10.4 Å². The predicted molar refractivity (Wildman–Crippen MR) is 101 cm³/mol. The number of carboxylic acid groups (broad SMARTS) is 1. The molecule has 0 saturated heterocycles. The van der Waals surface area contributed by atoms with Crippen molar-refractivity contribution in [3.63, 3.8) is 0 Å². The molecular formula is C22H22N2O3. The zero-order valence-corrected chi connectivity index (χ0v) is 15.0. The minimum atomic E-state index is -1.03. The van der Waals surface area contributed by atoms with Crippen molar-refractivity contribution in [3.05, 3.63) is 70.8 Å². The van der Waals surface area contributed by atoms with E-state index >= 15 is 0 Å². The number of aliphatic carboxylic acids is 1.